The molecule has 3 rings (SSSR count). The van der Waals surface area contributed by atoms with Crippen molar-refractivity contribution in [1.29, 1.82) is 0 Å². The van der Waals surface area contributed by atoms with Gasteiger partial charge in [-0.2, -0.15) is 11.8 Å². The van der Waals surface area contributed by atoms with Crippen LogP contribution in [0.15, 0.2) is 24.3 Å². The predicted molar refractivity (Wildman–Crippen MR) is 85.5 cm³/mol. The summed E-state index contributed by atoms with van der Waals surface area (Å²) in [5.41, 5.74) is 0.869. The Morgan fingerprint density at radius 3 is 2.40 bits per heavy atom. The second-order valence-electron chi connectivity index (χ2n) is 5.85. The lowest BCUT2D eigenvalue weighted by molar-refractivity contribution is -0.134. The molecule has 2 aliphatic rings. The lowest BCUT2D eigenvalue weighted by Crippen LogP contribution is -2.44. The van der Waals surface area contributed by atoms with E-state index in [4.69, 9.17) is 11.6 Å². The molecular formula is C16H20ClNOS. The van der Waals surface area contributed by atoms with Gasteiger partial charge in [0.1, 0.15) is 0 Å². The Morgan fingerprint density at radius 1 is 1.25 bits per heavy atom. The Bertz CT molecular complexity index is 492. The first-order chi connectivity index (χ1) is 9.63. The van der Waals surface area contributed by atoms with Crippen LogP contribution in [-0.4, -0.2) is 35.4 Å². The van der Waals surface area contributed by atoms with Crippen molar-refractivity contribution < 1.29 is 4.79 Å². The van der Waals surface area contributed by atoms with Crippen LogP contribution in [0.5, 0.6) is 0 Å². The molecule has 1 aliphatic heterocycles. The van der Waals surface area contributed by atoms with Gasteiger partial charge in [0.05, 0.1) is 5.41 Å². The van der Waals surface area contributed by atoms with E-state index in [-0.39, 0.29) is 5.41 Å². The molecule has 0 spiro atoms. The van der Waals surface area contributed by atoms with Crippen molar-refractivity contribution in [3.05, 3.63) is 34.9 Å². The number of carbonyl (C=O) groups is 1. The summed E-state index contributed by atoms with van der Waals surface area (Å²) in [5, 5.41) is 0.731. The summed E-state index contributed by atoms with van der Waals surface area (Å²) in [5.74, 6) is 2.66. The van der Waals surface area contributed by atoms with E-state index in [0.717, 1.165) is 36.3 Å². The van der Waals surface area contributed by atoms with Crippen LogP contribution >= 0.6 is 23.4 Å². The van der Waals surface area contributed by atoms with Gasteiger partial charge in [0, 0.05) is 18.1 Å². The van der Waals surface area contributed by atoms with Crippen molar-refractivity contribution in [1.82, 2.24) is 4.90 Å². The highest BCUT2D eigenvalue weighted by Gasteiger charge is 2.53. The number of hydrogen-bond donors (Lipinski definition) is 0. The summed E-state index contributed by atoms with van der Waals surface area (Å²) in [6.45, 7) is 0. The number of hydrogen-bond acceptors (Lipinski definition) is 2. The third-order valence-electron chi connectivity index (χ3n) is 4.62. The van der Waals surface area contributed by atoms with E-state index in [9.17, 15) is 4.79 Å². The van der Waals surface area contributed by atoms with Gasteiger partial charge in [0.25, 0.3) is 0 Å². The molecule has 1 aromatic rings. The summed E-state index contributed by atoms with van der Waals surface area (Å²) in [7, 11) is 1.99. The molecule has 0 bridgehead atoms. The lowest BCUT2D eigenvalue weighted by Gasteiger charge is -2.34. The average Bonchev–Trinajstić information content (AvgIpc) is 3.29. The molecule has 0 atom stereocenters. The summed E-state index contributed by atoms with van der Waals surface area (Å²) in [6.07, 6.45) is 4.20. The summed E-state index contributed by atoms with van der Waals surface area (Å²) in [6, 6.07) is 8.23. The highest BCUT2D eigenvalue weighted by atomic mass is 35.5. The molecule has 4 heteroatoms. The molecule has 0 unspecified atom stereocenters. The van der Waals surface area contributed by atoms with Crippen molar-refractivity contribution in [3.8, 4) is 0 Å². The van der Waals surface area contributed by atoms with Crippen LogP contribution < -0.4 is 0 Å². The van der Waals surface area contributed by atoms with Gasteiger partial charge in [0.15, 0.2) is 0 Å². The van der Waals surface area contributed by atoms with E-state index >= 15 is 0 Å². The minimum atomic E-state index is -0.260. The molecule has 2 fully saturated rings. The zero-order chi connectivity index (χ0) is 14.2. The largest absolute Gasteiger partial charge is 0.342 e. The summed E-state index contributed by atoms with van der Waals surface area (Å²) in [4.78, 5) is 14.9. The smallest absolute Gasteiger partial charge is 0.233 e. The van der Waals surface area contributed by atoms with Crippen molar-refractivity contribution in [2.45, 2.75) is 37.1 Å². The Morgan fingerprint density at radius 2 is 1.85 bits per heavy atom. The molecule has 1 heterocycles. The highest BCUT2D eigenvalue weighted by molar-refractivity contribution is 7.99. The van der Waals surface area contributed by atoms with Crippen molar-refractivity contribution in [3.63, 3.8) is 0 Å². The molecule has 2 nitrogen and oxygen atoms in total. The highest BCUT2D eigenvalue weighted by Crippen LogP contribution is 2.50. The summed E-state index contributed by atoms with van der Waals surface area (Å²) < 4.78 is 0. The number of halogens is 1. The number of nitrogens with zero attached hydrogens (tertiary/aromatic N) is 1. The molecule has 0 aromatic heterocycles. The van der Waals surface area contributed by atoms with Gasteiger partial charge in [0.2, 0.25) is 5.91 Å². The van der Waals surface area contributed by atoms with Crippen LogP contribution in [0.4, 0.5) is 0 Å². The van der Waals surface area contributed by atoms with Crippen LogP contribution in [0.3, 0.4) is 0 Å². The fourth-order valence-electron chi connectivity index (χ4n) is 3.10. The van der Waals surface area contributed by atoms with Crippen LogP contribution in [0, 0.1) is 0 Å². The van der Waals surface area contributed by atoms with Gasteiger partial charge in [-0.15, -0.1) is 0 Å². The zero-order valence-electron chi connectivity index (χ0n) is 11.8. The maximum absolute atomic E-state index is 12.9. The van der Waals surface area contributed by atoms with Crippen LogP contribution in [0.2, 0.25) is 5.02 Å². The van der Waals surface area contributed by atoms with Crippen molar-refractivity contribution in [2.75, 3.05) is 18.6 Å². The number of carbonyl (C=O) groups excluding carboxylic acids is 1. The Hall–Kier alpha value is -0.670. The van der Waals surface area contributed by atoms with Crippen molar-refractivity contribution >= 4 is 29.3 Å². The molecule has 0 N–H and O–H groups in total. The first kappa shape index (κ1) is 14.3. The van der Waals surface area contributed by atoms with Gasteiger partial charge < -0.3 is 4.90 Å². The first-order valence-corrected chi connectivity index (χ1v) is 8.78. The fraction of sp³-hybridized carbons (Fsp3) is 0.562. The molecule has 108 valence electrons. The van der Waals surface area contributed by atoms with E-state index < -0.39 is 0 Å². The predicted octanol–water partition coefficient (Wildman–Crippen LogP) is 3.73. The molecule has 0 radical (unpaired) electrons. The summed E-state index contributed by atoms with van der Waals surface area (Å²) >= 11 is 7.94. The Kier molecular flexibility index (Phi) is 4.00. The lowest BCUT2D eigenvalue weighted by atomic mass is 9.93. The van der Waals surface area contributed by atoms with Crippen LogP contribution in [-0.2, 0) is 10.2 Å². The fourth-order valence-corrected chi connectivity index (χ4v) is 4.30. The van der Waals surface area contributed by atoms with Gasteiger partial charge in [-0.3, -0.25) is 4.79 Å². The van der Waals surface area contributed by atoms with E-state index in [1.165, 1.54) is 11.5 Å². The molecule has 1 aliphatic carbocycles. The molecule has 1 saturated carbocycles. The van der Waals surface area contributed by atoms with Crippen molar-refractivity contribution in [2.24, 2.45) is 0 Å². The number of amides is 1. The standard InChI is InChI=1S/C16H20ClNOS/c1-18(14-6-10-20-11-7-14)15(19)16(8-9-16)12-2-4-13(17)5-3-12/h2-5,14H,6-11H2,1H3. The number of likely N-dealkylation sites (N-methyl/N-ethyl adjacent to an activating group) is 1. The Labute approximate surface area is 129 Å². The number of benzene rings is 1. The molecule has 1 amide bonds. The van der Waals surface area contributed by atoms with E-state index in [2.05, 4.69) is 0 Å². The van der Waals surface area contributed by atoms with E-state index in [1.54, 1.807) is 0 Å². The number of thioether (sulfide) groups is 1. The third kappa shape index (κ3) is 2.58. The van der Waals surface area contributed by atoms with Gasteiger partial charge in [-0.05, 0) is 54.9 Å². The minimum Gasteiger partial charge on any atom is -0.342 e. The average molecular weight is 310 g/mol. The Balaban J connectivity index is 1.77. The normalized spacial score (nSPS) is 21.5. The second-order valence-corrected chi connectivity index (χ2v) is 7.51. The topological polar surface area (TPSA) is 20.3 Å². The van der Waals surface area contributed by atoms with Crippen LogP contribution in [0.25, 0.3) is 0 Å². The van der Waals surface area contributed by atoms with Gasteiger partial charge in [-0.25, -0.2) is 0 Å². The van der Waals surface area contributed by atoms with Gasteiger partial charge >= 0.3 is 0 Å². The third-order valence-corrected chi connectivity index (χ3v) is 5.92. The molecule has 1 aromatic carbocycles. The van der Waals surface area contributed by atoms with E-state index in [1.807, 2.05) is 48.0 Å². The second kappa shape index (κ2) is 5.61. The molecule has 20 heavy (non-hydrogen) atoms. The molecule has 1 saturated heterocycles. The number of rotatable bonds is 3. The van der Waals surface area contributed by atoms with Gasteiger partial charge in [-0.1, -0.05) is 23.7 Å². The maximum Gasteiger partial charge on any atom is 0.233 e. The van der Waals surface area contributed by atoms with E-state index in [0.29, 0.717) is 11.9 Å². The molecular weight excluding hydrogens is 290 g/mol. The quantitative estimate of drug-likeness (QED) is 0.848. The first-order valence-electron chi connectivity index (χ1n) is 7.24. The zero-order valence-corrected chi connectivity index (χ0v) is 13.3. The van der Waals surface area contributed by atoms with Crippen LogP contribution in [0.1, 0.15) is 31.2 Å². The maximum atomic E-state index is 12.9. The SMILES string of the molecule is CN(C(=O)C1(c2ccc(Cl)cc2)CC1)C1CCSCC1. The monoisotopic (exact) mass is 309 g/mol. The minimum absolute atomic E-state index is 0.260.